The molecule has 0 unspecified atom stereocenters. The first kappa shape index (κ1) is 11.9. The highest BCUT2D eigenvalue weighted by Crippen LogP contribution is 2.25. The molecule has 0 saturated heterocycles. The molecule has 0 aliphatic rings. The summed E-state index contributed by atoms with van der Waals surface area (Å²) in [6, 6.07) is 8.53. The van der Waals surface area contributed by atoms with Crippen molar-refractivity contribution < 1.29 is 0 Å². The van der Waals surface area contributed by atoms with Crippen LogP contribution in [0.2, 0.25) is 0 Å². The number of hydrogen-bond donors (Lipinski definition) is 1. The second-order valence-corrected chi connectivity index (χ2v) is 4.51. The van der Waals surface area contributed by atoms with Crippen LogP contribution in [0.25, 0.3) is 10.9 Å². The summed E-state index contributed by atoms with van der Waals surface area (Å²) in [5, 5.41) is 4.38. The quantitative estimate of drug-likeness (QED) is 0.875. The third kappa shape index (κ3) is 2.24. The Kier molecular flexibility index (Phi) is 3.29. The maximum absolute atomic E-state index is 4.73. The fourth-order valence-corrected chi connectivity index (χ4v) is 2.05. The molecule has 0 saturated carbocycles. The van der Waals surface area contributed by atoms with E-state index >= 15 is 0 Å². The Morgan fingerprint density at radius 2 is 2.06 bits per heavy atom. The van der Waals surface area contributed by atoms with Crippen LogP contribution >= 0.6 is 0 Å². The van der Waals surface area contributed by atoms with Crippen molar-refractivity contribution in [1.82, 2.24) is 10.3 Å². The minimum absolute atomic E-state index is 0.862. The zero-order chi connectivity index (χ0) is 12.4. The fourth-order valence-electron chi connectivity index (χ4n) is 2.05. The van der Waals surface area contributed by atoms with Gasteiger partial charge in [0.05, 0.1) is 11.2 Å². The molecule has 0 aliphatic carbocycles. The van der Waals surface area contributed by atoms with Gasteiger partial charge in [0.2, 0.25) is 0 Å². The summed E-state index contributed by atoms with van der Waals surface area (Å²) in [5.74, 6) is 0. The van der Waals surface area contributed by atoms with Gasteiger partial charge in [-0.05, 0) is 31.7 Å². The van der Waals surface area contributed by atoms with Gasteiger partial charge >= 0.3 is 0 Å². The van der Waals surface area contributed by atoms with Crippen molar-refractivity contribution in [3.63, 3.8) is 0 Å². The number of nitrogens with one attached hydrogen (secondary N) is 1. The van der Waals surface area contributed by atoms with Crippen molar-refractivity contribution in [1.29, 1.82) is 0 Å². The van der Waals surface area contributed by atoms with Gasteiger partial charge in [-0.3, -0.25) is 4.98 Å². The molecular weight excluding hydrogens is 210 g/mol. The molecule has 90 valence electrons. The normalized spacial score (nSPS) is 10.8. The smallest absolute Gasteiger partial charge is 0.0938 e. The number of anilines is 1. The molecule has 0 aliphatic heterocycles. The van der Waals surface area contributed by atoms with Gasteiger partial charge in [-0.25, -0.2) is 0 Å². The monoisotopic (exact) mass is 229 g/mol. The summed E-state index contributed by atoms with van der Waals surface area (Å²) < 4.78 is 0. The van der Waals surface area contributed by atoms with E-state index in [4.69, 9.17) is 4.98 Å². The molecule has 2 rings (SSSR count). The van der Waals surface area contributed by atoms with Gasteiger partial charge in [-0.2, -0.15) is 0 Å². The Morgan fingerprint density at radius 3 is 2.71 bits per heavy atom. The van der Waals surface area contributed by atoms with Crippen molar-refractivity contribution in [2.24, 2.45) is 0 Å². The minimum Gasteiger partial charge on any atom is -0.376 e. The molecule has 3 nitrogen and oxygen atoms in total. The summed E-state index contributed by atoms with van der Waals surface area (Å²) in [6.45, 7) is 2.93. The van der Waals surface area contributed by atoms with Gasteiger partial charge in [0.15, 0.2) is 0 Å². The van der Waals surface area contributed by atoms with Crippen molar-refractivity contribution >= 4 is 16.6 Å². The Bertz CT molecular complexity index is 532. The largest absolute Gasteiger partial charge is 0.376 e. The second kappa shape index (κ2) is 4.72. The Morgan fingerprint density at radius 1 is 1.29 bits per heavy atom. The topological polar surface area (TPSA) is 28.2 Å². The fraction of sp³-hybridized carbons (Fsp3) is 0.357. The highest BCUT2D eigenvalue weighted by Gasteiger charge is 2.07. The lowest BCUT2D eigenvalue weighted by atomic mass is 10.1. The maximum Gasteiger partial charge on any atom is 0.0938 e. The van der Waals surface area contributed by atoms with Crippen LogP contribution in [0.15, 0.2) is 24.3 Å². The van der Waals surface area contributed by atoms with Crippen LogP contribution in [0.1, 0.15) is 11.3 Å². The zero-order valence-electron chi connectivity index (χ0n) is 10.9. The molecule has 3 heteroatoms. The first-order chi connectivity index (χ1) is 8.13. The number of pyridine rings is 1. The molecule has 0 atom stereocenters. The summed E-state index contributed by atoms with van der Waals surface area (Å²) in [7, 11) is 6.06. The van der Waals surface area contributed by atoms with E-state index in [0.717, 1.165) is 17.8 Å². The lowest BCUT2D eigenvalue weighted by Gasteiger charge is -2.16. The molecule has 1 aromatic carbocycles. The van der Waals surface area contributed by atoms with Crippen molar-refractivity contribution in [2.75, 3.05) is 26.0 Å². The molecule has 1 aromatic heterocycles. The van der Waals surface area contributed by atoms with Crippen LogP contribution in [0, 0.1) is 6.92 Å². The van der Waals surface area contributed by atoms with E-state index < -0.39 is 0 Å². The molecule has 0 amide bonds. The number of aromatic nitrogens is 1. The SMILES string of the molecule is CNCc1cc2cccc(N(C)C)c2nc1C. The van der Waals surface area contributed by atoms with Crippen molar-refractivity contribution in [2.45, 2.75) is 13.5 Å². The average Bonchev–Trinajstić information content (AvgIpc) is 2.29. The Labute approximate surface area is 102 Å². The summed E-state index contributed by atoms with van der Waals surface area (Å²) in [6.07, 6.45) is 0. The third-order valence-corrected chi connectivity index (χ3v) is 2.97. The van der Waals surface area contributed by atoms with Gasteiger partial charge < -0.3 is 10.2 Å². The Balaban J connectivity index is 2.64. The molecule has 1 N–H and O–H groups in total. The summed E-state index contributed by atoms with van der Waals surface area (Å²) in [5.41, 5.74) is 4.61. The van der Waals surface area contributed by atoms with Crippen LogP contribution in [0.5, 0.6) is 0 Å². The average molecular weight is 229 g/mol. The summed E-state index contributed by atoms with van der Waals surface area (Å²) in [4.78, 5) is 6.84. The maximum atomic E-state index is 4.73. The van der Waals surface area contributed by atoms with E-state index in [1.165, 1.54) is 16.6 Å². The first-order valence-corrected chi connectivity index (χ1v) is 5.84. The zero-order valence-corrected chi connectivity index (χ0v) is 10.9. The van der Waals surface area contributed by atoms with Crippen molar-refractivity contribution in [3.05, 3.63) is 35.5 Å². The van der Waals surface area contributed by atoms with E-state index in [1.54, 1.807) is 0 Å². The van der Waals surface area contributed by atoms with Crippen LogP contribution in [-0.2, 0) is 6.54 Å². The highest BCUT2D eigenvalue weighted by molar-refractivity contribution is 5.91. The van der Waals surface area contributed by atoms with Crippen LogP contribution in [0.4, 0.5) is 5.69 Å². The van der Waals surface area contributed by atoms with Gasteiger partial charge in [-0.1, -0.05) is 12.1 Å². The predicted molar refractivity (Wildman–Crippen MR) is 73.6 cm³/mol. The molecular formula is C14H19N3. The van der Waals surface area contributed by atoms with E-state index in [1.807, 2.05) is 21.1 Å². The highest BCUT2D eigenvalue weighted by atomic mass is 15.1. The number of fused-ring (bicyclic) bond motifs is 1. The van der Waals surface area contributed by atoms with Gasteiger partial charge in [0.25, 0.3) is 0 Å². The third-order valence-electron chi connectivity index (χ3n) is 2.97. The molecule has 0 radical (unpaired) electrons. The van der Waals surface area contributed by atoms with Gasteiger partial charge in [0, 0.05) is 31.7 Å². The standard InChI is InChI=1S/C14H19N3/c1-10-12(9-15-2)8-11-6-5-7-13(17(3)4)14(11)16-10/h5-8,15H,9H2,1-4H3. The molecule has 0 spiro atoms. The van der Waals surface area contributed by atoms with Crippen LogP contribution < -0.4 is 10.2 Å². The number of hydrogen-bond acceptors (Lipinski definition) is 3. The second-order valence-electron chi connectivity index (χ2n) is 4.51. The number of aryl methyl sites for hydroxylation is 1. The Hall–Kier alpha value is -1.61. The van der Waals surface area contributed by atoms with E-state index in [0.29, 0.717) is 0 Å². The van der Waals surface area contributed by atoms with Crippen LogP contribution in [-0.4, -0.2) is 26.1 Å². The number of benzene rings is 1. The lowest BCUT2D eigenvalue weighted by molar-refractivity contribution is 0.807. The van der Waals surface area contributed by atoms with E-state index in [9.17, 15) is 0 Å². The predicted octanol–water partition coefficient (Wildman–Crippen LogP) is 2.33. The molecule has 0 fully saturated rings. The number of nitrogens with zero attached hydrogens (tertiary/aromatic N) is 2. The number of para-hydroxylation sites is 1. The van der Waals surface area contributed by atoms with Gasteiger partial charge in [-0.15, -0.1) is 0 Å². The minimum atomic E-state index is 0.862. The molecule has 17 heavy (non-hydrogen) atoms. The van der Waals surface area contributed by atoms with E-state index in [-0.39, 0.29) is 0 Å². The molecule has 0 bridgehead atoms. The summed E-state index contributed by atoms with van der Waals surface area (Å²) >= 11 is 0. The lowest BCUT2D eigenvalue weighted by Crippen LogP contribution is -2.11. The van der Waals surface area contributed by atoms with Crippen LogP contribution in [0.3, 0.4) is 0 Å². The molecule has 1 heterocycles. The number of rotatable bonds is 3. The molecule has 2 aromatic rings. The van der Waals surface area contributed by atoms with Gasteiger partial charge in [0.1, 0.15) is 0 Å². The first-order valence-electron chi connectivity index (χ1n) is 5.84. The van der Waals surface area contributed by atoms with E-state index in [2.05, 4.69) is 41.4 Å². The van der Waals surface area contributed by atoms with Crippen molar-refractivity contribution in [3.8, 4) is 0 Å².